The molecule has 0 saturated heterocycles. The topological polar surface area (TPSA) is 77.3 Å². The summed E-state index contributed by atoms with van der Waals surface area (Å²) in [7, 11) is 0. The summed E-state index contributed by atoms with van der Waals surface area (Å²) in [5.41, 5.74) is 6.34. The van der Waals surface area contributed by atoms with Crippen molar-refractivity contribution in [1.82, 2.24) is 14.5 Å². The molecule has 0 spiro atoms. The Morgan fingerprint density at radius 2 is 1.88 bits per heavy atom. The fourth-order valence-electron chi connectivity index (χ4n) is 3.86. The number of aromatic nitrogens is 2. The highest BCUT2D eigenvalue weighted by Gasteiger charge is 2.41. The molecule has 3 heterocycles. The number of amides is 1. The number of hydrogen-bond donors (Lipinski definition) is 1. The molecule has 0 fully saturated rings. The van der Waals surface area contributed by atoms with Gasteiger partial charge in [-0.2, -0.15) is 13.2 Å². The molecule has 4 rings (SSSR count). The lowest BCUT2D eigenvalue weighted by Crippen LogP contribution is -2.42. The summed E-state index contributed by atoms with van der Waals surface area (Å²) in [5.74, 6) is -5.09. The number of rotatable bonds is 5. The maximum atomic E-state index is 13.9. The molecule has 0 unspecified atom stereocenters. The smallest absolute Gasteiger partial charge is 0.449 e. The zero-order valence-corrected chi connectivity index (χ0v) is 17.0. The van der Waals surface area contributed by atoms with Gasteiger partial charge in [0.25, 0.3) is 0 Å². The van der Waals surface area contributed by atoms with Crippen LogP contribution in [-0.2, 0) is 30.5 Å². The first kappa shape index (κ1) is 22.9. The number of furan rings is 1. The minimum absolute atomic E-state index is 0.0115. The number of halogens is 6. The van der Waals surface area contributed by atoms with E-state index < -0.39 is 41.4 Å². The third kappa shape index (κ3) is 4.61. The Morgan fingerprint density at radius 3 is 2.55 bits per heavy atom. The average Bonchev–Trinajstić information content (AvgIpc) is 3.38. The van der Waals surface area contributed by atoms with E-state index in [0.29, 0.717) is 17.7 Å². The Labute approximate surface area is 183 Å². The van der Waals surface area contributed by atoms with E-state index in [2.05, 4.69) is 4.98 Å². The Kier molecular flexibility index (Phi) is 5.95. The van der Waals surface area contributed by atoms with E-state index in [1.165, 1.54) is 23.5 Å². The van der Waals surface area contributed by atoms with Crippen LogP contribution in [0.4, 0.5) is 26.3 Å². The van der Waals surface area contributed by atoms with Crippen LogP contribution in [0.1, 0.15) is 23.5 Å². The molecule has 6 nitrogen and oxygen atoms in total. The SMILES string of the molecule is N[C@@H](CC(=O)N1CCn2c(C(F)(F)F)nc(-c3ccoc3)c2C1)Cc1cc(F)c(F)cc1F. The van der Waals surface area contributed by atoms with Gasteiger partial charge in [-0.05, 0) is 24.1 Å². The van der Waals surface area contributed by atoms with Gasteiger partial charge in [0.1, 0.15) is 5.82 Å². The van der Waals surface area contributed by atoms with Crippen molar-refractivity contribution in [1.29, 1.82) is 0 Å². The molecule has 1 amide bonds. The molecule has 12 heteroatoms. The summed E-state index contributed by atoms with van der Waals surface area (Å²) in [6.07, 6.45) is -2.61. The molecule has 0 bridgehead atoms. The first-order chi connectivity index (χ1) is 15.5. The number of carbonyl (C=O) groups is 1. The summed E-state index contributed by atoms with van der Waals surface area (Å²) in [4.78, 5) is 17.8. The Balaban J connectivity index is 1.51. The molecule has 1 aromatic carbocycles. The lowest BCUT2D eigenvalue weighted by molar-refractivity contribution is -0.148. The molecule has 1 aliphatic heterocycles. The van der Waals surface area contributed by atoms with Gasteiger partial charge in [-0.25, -0.2) is 18.2 Å². The number of benzene rings is 1. The first-order valence-electron chi connectivity index (χ1n) is 9.90. The van der Waals surface area contributed by atoms with Gasteiger partial charge in [-0.3, -0.25) is 4.79 Å². The van der Waals surface area contributed by atoms with Gasteiger partial charge in [0.05, 0.1) is 30.5 Å². The van der Waals surface area contributed by atoms with Crippen LogP contribution in [0.2, 0.25) is 0 Å². The van der Waals surface area contributed by atoms with Crippen LogP contribution in [0.3, 0.4) is 0 Å². The van der Waals surface area contributed by atoms with Gasteiger partial charge in [0.15, 0.2) is 11.6 Å². The van der Waals surface area contributed by atoms with Crippen molar-refractivity contribution in [2.75, 3.05) is 6.54 Å². The number of nitrogens with two attached hydrogens (primary N) is 1. The lowest BCUT2D eigenvalue weighted by atomic mass is 10.0. The summed E-state index contributed by atoms with van der Waals surface area (Å²) in [6, 6.07) is 1.64. The molecule has 0 radical (unpaired) electrons. The van der Waals surface area contributed by atoms with E-state index in [9.17, 15) is 31.1 Å². The van der Waals surface area contributed by atoms with Crippen LogP contribution in [0.5, 0.6) is 0 Å². The van der Waals surface area contributed by atoms with Gasteiger partial charge in [-0.1, -0.05) is 0 Å². The van der Waals surface area contributed by atoms with Crippen molar-refractivity contribution in [2.45, 2.75) is 38.1 Å². The minimum Gasteiger partial charge on any atom is -0.472 e. The predicted octanol–water partition coefficient (Wildman–Crippen LogP) is 3.88. The lowest BCUT2D eigenvalue weighted by Gasteiger charge is -2.30. The summed E-state index contributed by atoms with van der Waals surface area (Å²) in [5, 5.41) is 0. The van der Waals surface area contributed by atoms with Crippen LogP contribution in [0, 0.1) is 17.5 Å². The van der Waals surface area contributed by atoms with Crippen LogP contribution in [-0.4, -0.2) is 32.9 Å². The number of fused-ring (bicyclic) bond motifs is 1. The third-order valence-corrected chi connectivity index (χ3v) is 5.42. The van der Waals surface area contributed by atoms with Crippen LogP contribution >= 0.6 is 0 Å². The Bertz CT molecular complexity index is 1170. The number of imidazole rings is 1. The minimum atomic E-state index is -4.68. The fourth-order valence-corrected chi connectivity index (χ4v) is 3.86. The van der Waals surface area contributed by atoms with Gasteiger partial charge in [0, 0.05) is 37.2 Å². The molecule has 33 heavy (non-hydrogen) atoms. The molecule has 3 aromatic rings. The largest absolute Gasteiger partial charge is 0.472 e. The highest BCUT2D eigenvalue weighted by molar-refractivity contribution is 5.77. The van der Waals surface area contributed by atoms with Crippen molar-refractivity contribution >= 4 is 5.91 Å². The monoisotopic (exact) mass is 472 g/mol. The van der Waals surface area contributed by atoms with E-state index in [1.807, 2.05) is 0 Å². The predicted molar refractivity (Wildman–Crippen MR) is 103 cm³/mol. The van der Waals surface area contributed by atoms with E-state index >= 15 is 0 Å². The molecule has 2 aromatic heterocycles. The van der Waals surface area contributed by atoms with Crippen molar-refractivity contribution < 1.29 is 35.6 Å². The van der Waals surface area contributed by atoms with E-state index in [0.717, 1.165) is 4.57 Å². The first-order valence-corrected chi connectivity index (χ1v) is 9.90. The van der Waals surface area contributed by atoms with Gasteiger partial charge in [0.2, 0.25) is 11.7 Å². The van der Waals surface area contributed by atoms with Crippen LogP contribution in [0.25, 0.3) is 11.3 Å². The number of carbonyl (C=O) groups excluding carboxylic acids is 1. The molecule has 0 aliphatic carbocycles. The van der Waals surface area contributed by atoms with Crippen LogP contribution < -0.4 is 5.73 Å². The van der Waals surface area contributed by atoms with Crippen molar-refractivity contribution in [3.8, 4) is 11.3 Å². The van der Waals surface area contributed by atoms with Crippen LogP contribution in [0.15, 0.2) is 35.1 Å². The quantitative estimate of drug-likeness (QED) is 0.452. The number of alkyl halides is 3. The van der Waals surface area contributed by atoms with E-state index in [1.54, 1.807) is 0 Å². The second-order valence-electron chi connectivity index (χ2n) is 7.73. The van der Waals surface area contributed by atoms with Gasteiger partial charge in [-0.15, -0.1) is 0 Å². The average molecular weight is 472 g/mol. The standard InChI is InChI=1S/C21H18F6N4O2/c22-14-8-16(24)15(23)6-12(14)5-13(28)7-18(32)30-2-3-31-17(9-30)19(11-1-4-33-10-11)29-20(31)21(25,26)27/h1,4,6,8,10,13H,2-3,5,7,9,28H2/t13-/m1/s1. The summed E-state index contributed by atoms with van der Waals surface area (Å²) in [6.45, 7) is -0.287. The molecule has 176 valence electrons. The highest BCUT2D eigenvalue weighted by Crippen LogP contribution is 2.36. The summed E-state index contributed by atoms with van der Waals surface area (Å²) < 4.78 is 86.7. The zero-order valence-electron chi connectivity index (χ0n) is 17.0. The molecular weight excluding hydrogens is 454 g/mol. The third-order valence-electron chi connectivity index (χ3n) is 5.42. The normalized spacial score (nSPS) is 14.9. The van der Waals surface area contributed by atoms with Gasteiger partial charge >= 0.3 is 6.18 Å². The Morgan fingerprint density at radius 1 is 1.15 bits per heavy atom. The molecule has 1 aliphatic rings. The maximum absolute atomic E-state index is 13.9. The molecule has 0 saturated carbocycles. The van der Waals surface area contributed by atoms with E-state index in [-0.39, 0.29) is 49.4 Å². The second-order valence-corrected chi connectivity index (χ2v) is 7.73. The van der Waals surface area contributed by atoms with Gasteiger partial charge < -0.3 is 19.6 Å². The highest BCUT2D eigenvalue weighted by atomic mass is 19.4. The van der Waals surface area contributed by atoms with Crippen molar-refractivity contribution in [2.24, 2.45) is 5.73 Å². The second kappa shape index (κ2) is 8.58. The molecule has 1 atom stereocenters. The van der Waals surface area contributed by atoms with Crippen molar-refractivity contribution in [3.05, 3.63) is 65.3 Å². The zero-order chi connectivity index (χ0) is 23.9. The fraction of sp³-hybridized carbons (Fsp3) is 0.333. The number of hydrogen-bond acceptors (Lipinski definition) is 4. The number of nitrogens with zero attached hydrogens (tertiary/aromatic N) is 3. The Hall–Kier alpha value is -3.28. The maximum Gasteiger partial charge on any atom is 0.449 e. The van der Waals surface area contributed by atoms with Crippen molar-refractivity contribution in [3.63, 3.8) is 0 Å². The molecule has 2 N–H and O–H groups in total. The van der Waals surface area contributed by atoms with E-state index in [4.69, 9.17) is 10.2 Å². The summed E-state index contributed by atoms with van der Waals surface area (Å²) >= 11 is 0. The molecular formula is C21H18F6N4O2.